The SMILES string of the molecule is O[C@@H]1CN2C[C@@H](O)[C@@H](O)C2[C@@H]1O. The maximum atomic E-state index is 9.39. The van der Waals surface area contributed by atoms with Crippen molar-refractivity contribution in [1.29, 1.82) is 0 Å². The molecule has 2 rings (SSSR count). The Labute approximate surface area is 69.9 Å². The van der Waals surface area contributed by atoms with Crippen LogP contribution in [0.4, 0.5) is 0 Å². The lowest BCUT2D eigenvalue weighted by Gasteiger charge is -2.19. The van der Waals surface area contributed by atoms with Crippen LogP contribution in [0.25, 0.3) is 0 Å². The number of aliphatic hydroxyl groups is 4. The summed E-state index contributed by atoms with van der Waals surface area (Å²) in [5, 5.41) is 37.2. The molecule has 4 N–H and O–H groups in total. The first-order valence-electron chi connectivity index (χ1n) is 4.07. The Kier molecular flexibility index (Phi) is 1.85. The van der Waals surface area contributed by atoms with Gasteiger partial charge in [-0.2, -0.15) is 0 Å². The molecular weight excluding hydrogens is 162 g/mol. The van der Waals surface area contributed by atoms with E-state index in [9.17, 15) is 20.4 Å². The molecule has 0 bridgehead atoms. The Hall–Kier alpha value is -0.200. The fourth-order valence-electron chi connectivity index (χ4n) is 2.10. The Balaban J connectivity index is 2.15. The monoisotopic (exact) mass is 175 g/mol. The summed E-state index contributed by atoms with van der Waals surface area (Å²) in [5.41, 5.74) is 0. The summed E-state index contributed by atoms with van der Waals surface area (Å²) in [6.07, 6.45) is -3.46. The maximum Gasteiger partial charge on any atom is 0.0992 e. The lowest BCUT2D eigenvalue weighted by molar-refractivity contribution is -0.0206. The molecular formula is C7H13NO4. The van der Waals surface area contributed by atoms with Gasteiger partial charge in [-0.1, -0.05) is 0 Å². The zero-order valence-corrected chi connectivity index (χ0v) is 6.54. The fraction of sp³-hybridized carbons (Fsp3) is 1.00. The van der Waals surface area contributed by atoms with Crippen LogP contribution in [-0.2, 0) is 0 Å². The number of fused-ring (bicyclic) bond motifs is 1. The predicted molar refractivity (Wildman–Crippen MR) is 39.4 cm³/mol. The minimum absolute atomic E-state index is 0.333. The van der Waals surface area contributed by atoms with Crippen LogP contribution in [0.15, 0.2) is 0 Å². The van der Waals surface area contributed by atoms with E-state index in [1.54, 1.807) is 4.90 Å². The van der Waals surface area contributed by atoms with Crippen LogP contribution in [0, 0.1) is 0 Å². The summed E-state index contributed by atoms with van der Waals surface area (Å²) in [5.74, 6) is 0. The fourth-order valence-corrected chi connectivity index (χ4v) is 2.10. The molecule has 0 spiro atoms. The van der Waals surface area contributed by atoms with Crippen LogP contribution in [0.3, 0.4) is 0 Å². The number of rotatable bonds is 0. The standard InChI is InChI=1S/C7H13NO4/c9-3-1-8-2-4(10)7(12)5(8)6(3)11/h3-7,9-12H,1-2H2/t3-,4-,6-,7-/m1/s1. The molecule has 0 unspecified atom stereocenters. The molecule has 0 saturated carbocycles. The highest BCUT2D eigenvalue weighted by Crippen LogP contribution is 2.28. The Morgan fingerprint density at radius 2 is 1.25 bits per heavy atom. The van der Waals surface area contributed by atoms with Crippen molar-refractivity contribution in [3.05, 3.63) is 0 Å². The van der Waals surface area contributed by atoms with E-state index in [0.717, 1.165) is 0 Å². The van der Waals surface area contributed by atoms with Gasteiger partial charge in [0.15, 0.2) is 0 Å². The highest BCUT2D eigenvalue weighted by molar-refractivity contribution is 5.05. The number of aliphatic hydroxyl groups excluding tert-OH is 4. The third-order valence-corrected chi connectivity index (χ3v) is 2.75. The number of hydrogen-bond acceptors (Lipinski definition) is 5. The largest absolute Gasteiger partial charge is 0.389 e. The van der Waals surface area contributed by atoms with Gasteiger partial charge in [-0.05, 0) is 0 Å². The number of hydrogen-bond donors (Lipinski definition) is 4. The minimum Gasteiger partial charge on any atom is -0.389 e. The summed E-state index contributed by atoms with van der Waals surface area (Å²) in [7, 11) is 0. The zero-order chi connectivity index (χ0) is 8.88. The van der Waals surface area contributed by atoms with E-state index in [0.29, 0.717) is 13.1 Å². The second kappa shape index (κ2) is 2.65. The van der Waals surface area contributed by atoms with E-state index in [1.807, 2.05) is 0 Å². The molecule has 0 aromatic heterocycles. The Morgan fingerprint density at radius 3 is 1.58 bits per heavy atom. The summed E-state index contributed by atoms with van der Waals surface area (Å²) in [6.45, 7) is 0.667. The average Bonchev–Trinajstić information content (AvgIpc) is 2.40. The first kappa shape index (κ1) is 8.40. The van der Waals surface area contributed by atoms with Crippen molar-refractivity contribution in [2.24, 2.45) is 0 Å². The lowest BCUT2D eigenvalue weighted by atomic mass is 10.0. The minimum atomic E-state index is -0.933. The second-order valence-corrected chi connectivity index (χ2v) is 3.56. The lowest BCUT2D eigenvalue weighted by Crippen LogP contribution is -2.41. The maximum absolute atomic E-state index is 9.39. The van der Waals surface area contributed by atoms with E-state index in [2.05, 4.69) is 0 Å². The third-order valence-electron chi connectivity index (χ3n) is 2.75. The van der Waals surface area contributed by atoms with E-state index in [1.165, 1.54) is 0 Å². The molecule has 0 aromatic carbocycles. The molecule has 5 heteroatoms. The molecule has 0 radical (unpaired) electrons. The molecule has 2 saturated heterocycles. The van der Waals surface area contributed by atoms with Crippen molar-refractivity contribution >= 4 is 0 Å². The summed E-state index contributed by atoms with van der Waals surface area (Å²) < 4.78 is 0. The molecule has 70 valence electrons. The Morgan fingerprint density at radius 1 is 0.833 bits per heavy atom. The van der Waals surface area contributed by atoms with E-state index in [-0.39, 0.29) is 0 Å². The van der Waals surface area contributed by atoms with Crippen LogP contribution in [0.5, 0.6) is 0 Å². The van der Waals surface area contributed by atoms with Gasteiger partial charge in [0.2, 0.25) is 0 Å². The normalized spacial score (nSPS) is 50.0. The van der Waals surface area contributed by atoms with E-state index < -0.39 is 30.5 Å². The molecule has 5 nitrogen and oxygen atoms in total. The van der Waals surface area contributed by atoms with Crippen LogP contribution < -0.4 is 0 Å². The van der Waals surface area contributed by atoms with Crippen molar-refractivity contribution in [2.75, 3.05) is 13.1 Å². The molecule has 2 aliphatic rings. The smallest absolute Gasteiger partial charge is 0.0992 e. The topological polar surface area (TPSA) is 84.2 Å². The second-order valence-electron chi connectivity index (χ2n) is 3.56. The van der Waals surface area contributed by atoms with Crippen molar-refractivity contribution in [1.82, 2.24) is 4.90 Å². The highest BCUT2D eigenvalue weighted by Gasteiger charge is 2.51. The molecule has 12 heavy (non-hydrogen) atoms. The highest BCUT2D eigenvalue weighted by atomic mass is 16.4. The summed E-state index contributed by atoms with van der Waals surface area (Å²) >= 11 is 0. The van der Waals surface area contributed by atoms with Gasteiger partial charge in [0.1, 0.15) is 0 Å². The van der Waals surface area contributed by atoms with Gasteiger partial charge < -0.3 is 20.4 Å². The van der Waals surface area contributed by atoms with Crippen LogP contribution in [0.2, 0.25) is 0 Å². The van der Waals surface area contributed by atoms with Gasteiger partial charge in [-0.3, -0.25) is 4.90 Å². The molecule has 0 amide bonds. The van der Waals surface area contributed by atoms with E-state index in [4.69, 9.17) is 0 Å². The zero-order valence-electron chi connectivity index (χ0n) is 6.54. The van der Waals surface area contributed by atoms with Gasteiger partial charge in [0, 0.05) is 13.1 Å². The first-order chi connectivity index (χ1) is 5.61. The van der Waals surface area contributed by atoms with Crippen LogP contribution >= 0.6 is 0 Å². The van der Waals surface area contributed by atoms with Crippen molar-refractivity contribution in [2.45, 2.75) is 30.5 Å². The van der Waals surface area contributed by atoms with Gasteiger partial charge in [-0.25, -0.2) is 0 Å². The van der Waals surface area contributed by atoms with Crippen molar-refractivity contribution in [3.63, 3.8) is 0 Å². The molecule has 0 aliphatic carbocycles. The number of nitrogens with zero attached hydrogens (tertiary/aromatic N) is 1. The molecule has 0 aromatic rings. The molecule has 2 aliphatic heterocycles. The van der Waals surface area contributed by atoms with Gasteiger partial charge in [0.25, 0.3) is 0 Å². The van der Waals surface area contributed by atoms with Crippen molar-refractivity contribution in [3.8, 4) is 0 Å². The van der Waals surface area contributed by atoms with Crippen LogP contribution in [0.1, 0.15) is 0 Å². The average molecular weight is 175 g/mol. The quantitative estimate of drug-likeness (QED) is 0.318. The Bertz CT molecular complexity index is 170. The molecule has 2 heterocycles. The van der Waals surface area contributed by atoms with Crippen molar-refractivity contribution < 1.29 is 20.4 Å². The van der Waals surface area contributed by atoms with Gasteiger partial charge in [-0.15, -0.1) is 0 Å². The first-order valence-corrected chi connectivity index (χ1v) is 4.07. The van der Waals surface area contributed by atoms with Gasteiger partial charge >= 0.3 is 0 Å². The summed E-state index contributed by atoms with van der Waals surface area (Å²) in [4.78, 5) is 1.71. The third kappa shape index (κ3) is 0.982. The molecule has 2 fully saturated rings. The van der Waals surface area contributed by atoms with Crippen LogP contribution in [-0.4, -0.2) is 68.9 Å². The van der Waals surface area contributed by atoms with E-state index >= 15 is 0 Å². The predicted octanol–water partition coefficient (Wildman–Crippen LogP) is -2.87. The van der Waals surface area contributed by atoms with Gasteiger partial charge in [0.05, 0.1) is 30.5 Å². The molecule has 4 atom stereocenters. The summed E-state index contributed by atoms with van der Waals surface area (Å²) in [6, 6.07) is -0.491.